The normalized spacial score (nSPS) is 9.88. The molecule has 0 spiro atoms. The molecule has 0 bridgehead atoms. The van der Waals surface area contributed by atoms with Gasteiger partial charge in [-0.15, -0.1) is 4.79 Å². The van der Waals surface area contributed by atoms with Gasteiger partial charge in [-0.1, -0.05) is 4.48 Å². The number of hydrogen-bond acceptors (Lipinski definition) is 1. The van der Waals surface area contributed by atoms with Crippen LogP contribution in [0.4, 0.5) is 13.3 Å². The molecule has 0 saturated carbocycles. The Bertz CT molecular complexity index is 175. The van der Waals surface area contributed by atoms with Crippen LogP contribution >= 0.6 is 0 Å². The first kappa shape index (κ1) is 5.14. The first-order chi connectivity index (χ1) is 3.70. The van der Waals surface area contributed by atoms with Gasteiger partial charge in [0.05, 0.1) is 6.20 Å². The van der Waals surface area contributed by atoms with Crippen molar-refractivity contribution >= 4 is 0 Å². The van der Waals surface area contributed by atoms with Crippen molar-refractivity contribution in [3.8, 4) is 0 Å². The molecule has 0 radical (unpaired) electrons. The summed E-state index contributed by atoms with van der Waals surface area (Å²) in [6.45, 7) is 0. The fourth-order valence-corrected chi connectivity index (χ4v) is 0.312. The molecule has 0 saturated heterocycles. The quantitative estimate of drug-likeness (QED) is 0.499. The van der Waals surface area contributed by atoms with Crippen molar-refractivity contribution in [1.82, 2.24) is 9.77 Å². The lowest BCUT2D eigenvalue weighted by Gasteiger charge is -1.75. The van der Waals surface area contributed by atoms with Gasteiger partial charge in [0, 0.05) is 0 Å². The largest absolute Gasteiger partial charge is 0.320 e. The third kappa shape index (κ3) is 0.661. The lowest BCUT2D eigenvalue weighted by atomic mass is 10.9. The monoisotopic (exact) mass is 122 g/mol. The number of nitrogens with zero attached hydrogens (tertiary/aromatic N) is 2. The molecule has 1 aromatic rings. The van der Waals surface area contributed by atoms with Crippen LogP contribution in [0.3, 0.4) is 0 Å². The Hall–Kier alpha value is -1.00. The maximum Gasteiger partial charge on any atom is 0.320 e. The molecule has 0 aliphatic heterocycles. The second kappa shape index (κ2) is 1.50. The number of hydrogen-bond donors (Lipinski definition) is 0. The van der Waals surface area contributed by atoms with Crippen molar-refractivity contribution in [2.45, 2.75) is 0 Å². The number of halogens is 3. The van der Waals surface area contributed by atoms with Crippen LogP contribution in [-0.2, 0) is 0 Å². The predicted octanol–water partition coefficient (Wildman–Crippen LogP) is 0.894. The highest BCUT2D eigenvalue weighted by Gasteiger charge is 2.03. The van der Waals surface area contributed by atoms with Crippen molar-refractivity contribution < 1.29 is 13.3 Å². The minimum Gasteiger partial charge on any atom is -0.183 e. The van der Waals surface area contributed by atoms with Crippen LogP contribution < -0.4 is 0 Å². The average Bonchev–Trinajstić information content (AvgIpc) is 1.85. The Kier molecular flexibility index (Phi) is 0.964. The molecule has 44 valence electrons. The van der Waals surface area contributed by atoms with E-state index in [0.717, 1.165) is 0 Å². The minimum atomic E-state index is -1.47. The van der Waals surface area contributed by atoms with Gasteiger partial charge in [0.15, 0.2) is 0 Å². The molecule has 8 heavy (non-hydrogen) atoms. The van der Waals surface area contributed by atoms with Gasteiger partial charge in [0.1, 0.15) is 0 Å². The van der Waals surface area contributed by atoms with E-state index in [1.54, 1.807) is 0 Å². The Morgan fingerprint density at radius 3 is 2.25 bits per heavy atom. The molecular formula is C3HF3N2. The Morgan fingerprint density at radius 2 is 2.12 bits per heavy atom. The van der Waals surface area contributed by atoms with Gasteiger partial charge >= 0.3 is 6.08 Å². The van der Waals surface area contributed by atoms with Crippen LogP contribution in [0, 0.1) is 12.0 Å². The molecule has 0 aliphatic rings. The van der Waals surface area contributed by atoms with Crippen LogP contribution in [0.5, 0.6) is 0 Å². The van der Waals surface area contributed by atoms with Crippen molar-refractivity contribution in [2.75, 3.05) is 0 Å². The summed E-state index contributed by atoms with van der Waals surface area (Å²) in [5.74, 6) is -1.16. The molecule has 1 rings (SSSR count). The van der Waals surface area contributed by atoms with Crippen molar-refractivity contribution in [3.05, 3.63) is 18.2 Å². The summed E-state index contributed by atoms with van der Waals surface area (Å²) in [6.07, 6.45) is -1.17. The third-order valence-corrected chi connectivity index (χ3v) is 0.595. The van der Waals surface area contributed by atoms with Crippen LogP contribution in [0.2, 0.25) is 0 Å². The van der Waals surface area contributed by atoms with E-state index in [1.165, 1.54) is 0 Å². The van der Waals surface area contributed by atoms with E-state index in [4.69, 9.17) is 0 Å². The summed E-state index contributed by atoms with van der Waals surface area (Å²) in [6, 6.07) is 0. The van der Waals surface area contributed by atoms with E-state index < -0.39 is 16.8 Å². The fraction of sp³-hybridized carbons (Fsp3) is 0. The van der Waals surface area contributed by atoms with Gasteiger partial charge in [-0.25, -0.2) is 0 Å². The van der Waals surface area contributed by atoms with Crippen LogP contribution in [-0.4, -0.2) is 9.77 Å². The molecule has 0 fully saturated rings. The molecule has 1 heterocycles. The van der Waals surface area contributed by atoms with Gasteiger partial charge in [0.25, 0.3) is 0 Å². The number of imidazole rings is 1. The highest BCUT2D eigenvalue weighted by Crippen LogP contribution is 1.97. The van der Waals surface area contributed by atoms with E-state index >= 15 is 0 Å². The van der Waals surface area contributed by atoms with Crippen molar-refractivity contribution in [3.63, 3.8) is 0 Å². The van der Waals surface area contributed by atoms with Gasteiger partial charge in [-0.2, -0.15) is 13.8 Å². The zero-order chi connectivity index (χ0) is 6.15. The molecule has 0 aliphatic carbocycles. The highest BCUT2D eigenvalue weighted by atomic mass is 19.2. The summed E-state index contributed by atoms with van der Waals surface area (Å²) in [7, 11) is 0. The molecule has 1 aromatic heterocycles. The van der Waals surface area contributed by atoms with Gasteiger partial charge in [-0.05, 0) is 0 Å². The predicted molar refractivity (Wildman–Crippen MR) is 18.6 cm³/mol. The summed E-state index contributed by atoms with van der Waals surface area (Å²) >= 11 is 0. The average molecular weight is 122 g/mol. The van der Waals surface area contributed by atoms with Crippen molar-refractivity contribution in [2.24, 2.45) is 0 Å². The maximum absolute atomic E-state index is 11.6. The number of rotatable bonds is 0. The third-order valence-electron chi connectivity index (χ3n) is 0.595. The lowest BCUT2D eigenvalue weighted by Crippen LogP contribution is -1.82. The minimum absolute atomic E-state index is 0.301. The van der Waals surface area contributed by atoms with E-state index in [9.17, 15) is 13.3 Å². The first-order valence-corrected chi connectivity index (χ1v) is 1.76. The van der Waals surface area contributed by atoms with E-state index in [1.807, 2.05) is 0 Å². The number of aromatic nitrogens is 2. The van der Waals surface area contributed by atoms with Crippen LogP contribution in [0.25, 0.3) is 0 Å². The summed E-state index contributed by atoms with van der Waals surface area (Å²) in [5, 5.41) is 0. The Morgan fingerprint density at radius 1 is 1.50 bits per heavy atom. The molecule has 0 unspecified atom stereocenters. The van der Waals surface area contributed by atoms with Gasteiger partial charge in [-0.3, -0.25) is 0 Å². The standard InChI is InChI=1S/C3HF3N2/c4-2-1-8(6)3(5)7-2/h1H. The van der Waals surface area contributed by atoms with E-state index in [0.29, 0.717) is 6.20 Å². The molecule has 0 aromatic carbocycles. The Labute approximate surface area is 42.5 Å². The second-order valence-electron chi connectivity index (χ2n) is 1.14. The molecule has 2 nitrogen and oxygen atoms in total. The molecular weight excluding hydrogens is 121 g/mol. The zero-order valence-electron chi connectivity index (χ0n) is 3.61. The summed E-state index contributed by atoms with van der Waals surface area (Å²) in [5.41, 5.74) is 0. The molecule has 0 atom stereocenters. The highest BCUT2D eigenvalue weighted by molar-refractivity contribution is 4.76. The van der Waals surface area contributed by atoms with Crippen LogP contribution in [0.15, 0.2) is 6.20 Å². The topological polar surface area (TPSA) is 17.8 Å². The summed E-state index contributed by atoms with van der Waals surface area (Å²) < 4.78 is 34.7. The maximum atomic E-state index is 11.6. The summed E-state index contributed by atoms with van der Waals surface area (Å²) in [4.78, 5) is 1.93. The SMILES string of the molecule is Fc1cn(F)c(F)n1. The fourth-order valence-electron chi connectivity index (χ4n) is 0.312. The Balaban J connectivity index is 3.14. The van der Waals surface area contributed by atoms with E-state index in [2.05, 4.69) is 4.98 Å². The second-order valence-corrected chi connectivity index (χ2v) is 1.14. The zero-order valence-corrected chi connectivity index (χ0v) is 3.61. The van der Waals surface area contributed by atoms with Crippen molar-refractivity contribution in [1.29, 1.82) is 0 Å². The lowest BCUT2D eigenvalue weighted by molar-refractivity contribution is 0.289. The van der Waals surface area contributed by atoms with Gasteiger partial charge < -0.3 is 0 Å². The smallest absolute Gasteiger partial charge is 0.183 e. The molecule has 5 heteroatoms. The first-order valence-electron chi connectivity index (χ1n) is 1.76. The van der Waals surface area contributed by atoms with E-state index in [-0.39, 0.29) is 0 Å². The molecule has 0 N–H and O–H groups in total. The molecule has 0 amide bonds. The van der Waals surface area contributed by atoms with Gasteiger partial charge in [0.2, 0.25) is 5.95 Å². The van der Waals surface area contributed by atoms with Crippen LogP contribution in [0.1, 0.15) is 0 Å².